The van der Waals surface area contributed by atoms with Crippen molar-refractivity contribution in [3.63, 3.8) is 0 Å². The maximum absolute atomic E-state index is 5.54. The minimum atomic E-state index is 0.803. The normalized spacial score (nSPS) is 9.43. The molecule has 0 nitrogen and oxygen atoms in total. The van der Waals surface area contributed by atoms with Crippen LogP contribution in [0.15, 0.2) is 15.2 Å². The molecule has 0 saturated heterocycles. The standard InChI is InChI=1S/C4H2BrClS/c5-4-1-3(6)2-7-4/h1-2H. The monoisotopic (exact) mass is 196 g/mol. The third kappa shape index (κ3) is 1.44. The van der Waals surface area contributed by atoms with Crippen molar-refractivity contribution < 1.29 is 0 Å². The lowest BCUT2D eigenvalue weighted by atomic mass is 10.7. The molecule has 7 heavy (non-hydrogen) atoms. The number of halogens is 2. The minimum Gasteiger partial charge on any atom is -0.135 e. The van der Waals surface area contributed by atoms with Crippen LogP contribution in [-0.2, 0) is 0 Å². The van der Waals surface area contributed by atoms with Crippen LogP contribution in [0.1, 0.15) is 0 Å². The quantitative estimate of drug-likeness (QED) is 0.599. The van der Waals surface area contributed by atoms with E-state index in [9.17, 15) is 0 Å². The second-order valence-electron chi connectivity index (χ2n) is 1.07. The van der Waals surface area contributed by atoms with Gasteiger partial charge >= 0.3 is 0 Å². The molecule has 0 unspecified atom stereocenters. The van der Waals surface area contributed by atoms with Gasteiger partial charge in [0.1, 0.15) is 0 Å². The van der Waals surface area contributed by atoms with Crippen LogP contribution in [0.2, 0.25) is 5.02 Å². The Morgan fingerprint density at radius 2 is 2.43 bits per heavy atom. The zero-order chi connectivity index (χ0) is 5.28. The molecule has 0 aliphatic rings. The molecule has 1 aromatic heterocycles. The van der Waals surface area contributed by atoms with E-state index >= 15 is 0 Å². The zero-order valence-electron chi connectivity index (χ0n) is 3.32. The van der Waals surface area contributed by atoms with Gasteiger partial charge in [-0.2, -0.15) is 0 Å². The van der Waals surface area contributed by atoms with Crippen molar-refractivity contribution in [3.05, 3.63) is 20.3 Å². The first-order chi connectivity index (χ1) is 3.29. The summed E-state index contributed by atoms with van der Waals surface area (Å²) in [7, 11) is 0. The maximum atomic E-state index is 5.54. The van der Waals surface area contributed by atoms with Crippen LogP contribution in [0, 0.1) is 0 Å². The van der Waals surface area contributed by atoms with Crippen LogP contribution in [0.25, 0.3) is 0 Å². The second-order valence-corrected chi connectivity index (χ2v) is 3.80. The average Bonchev–Trinajstić information content (AvgIpc) is 1.87. The van der Waals surface area contributed by atoms with Gasteiger partial charge in [0.25, 0.3) is 0 Å². The Morgan fingerprint density at radius 1 is 1.71 bits per heavy atom. The Hall–Kier alpha value is 0.470. The van der Waals surface area contributed by atoms with Gasteiger partial charge in [0, 0.05) is 5.38 Å². The van der Waals surface area contributed by atoms with Gasteiger partial charge in [-0.25, -0.2) is 0 Å². The first-order valence-electron chi connectivity index (χ1n) is 1.68. The fourth-order valence-corrected chi connectivity index (χ4v) is 1.74. The van der Waals surface area contributed by atoms with Crippen molar-refractivity contribution >= 4 is 38.9 Å². The van der Waals surface area contributed by atoms with E-state index in [0.29, 0.717) is 0 Å². The Labute approximate surface area is 59.2 Å². The summed E-state index contributed by atoms with van der Waals surface area (Å²) in [6.45, 7) is 0. The summed E-state index contributed by atoms with van der Waals surface area (Å²) in [5.41, 5.74) is 0. The third-order valence-corrected chi connectivity index (χ3v) is 2.39. The predicted octanol–water partition coefficient (Wildman–Crippen LogP) is 3.16. The summed E-state index contributed by atoms with van der Waals surface area (Å²) >= 11 is 10.4. The van der Waals surface area contributed by atoms with E-state index in [4.69, 9.17) is 11.6 Å². The van der Waals surface area contributed by atoms with E-state index in [1.54, 1.807) is 11.3 Å². The molecule has 0 bridgehead atoms. The molecule has 0 radical (unpaired) electrons. The highest BCUT2D eigenvalue weighted by molar-refractivity contribution is 9.11. The highest BCUT2D eigenvalue weighted by Gasteiger charge is 1.88. The molecule has 0 aliphatic carbocycles. The number of thiophene rings is 1. The van der Waals surface area contributed by atoms with Crippen molar-refractivity contribution in [3.8, 4) is 0 Å². The summed E-state index contributed by atoms with van der Waals surface area (Å²) in [6, 6.07) is 1.87. The lowest BCUT2D eigenvalue weighted by Gasteiger charge is -1.66. The van der Waals surface area contributed by atoms with Crippen molar-refractivity contribution in [2.75, 3.05) is 0 Å². The number of hydrogen-bond acceptors (Lipinski definition) is 1. The van der Waals surface area contributed by atoms with Gasteiger partial charge < -0.3 is 0 Å². The molecular weight excluding hydrogens is 195 g/mol. The van der Waals surface area contributed by atoms with Gasteiger partial charge in [0.05, 0.1) is 8.81 Å². The Balaban J connectivity index is 3.04. The van der Waals surface area contributed by atoms with E-state index in [1.165, 1.54) is 0 Å². The molecule has 1 aromatic rings. The SMILES string of the molecule is Clc1csc(Br)c1. The Kier molecular flexibility index (Phi) is 1.73. The van der Waals surface area contributed by atoms with Crippen molar-refractivity contribution in [2.45, 2.75) is 0 Å². The topological polar surface area (TPSA) is 0 Å². The molecule has 1 rings (SSSR count). The van der Waals surface area contributed by atoms with Crippen LogP contribution < -0.4 is 0 Å². The molecule has 0 saturated carbocycles. The van der Waals surface area contributed by atoms with Gasteiger partial charge in [0.15, 0.2) is 0 Å². The van der Waals surface area contributed by atoms with E-state index < -0.39 is 0 Å². The molecule has 0 amide bonds. The van der Waals surface area contributed by atoms with Crippen molar-refractivity contribution in [1.82, 2.24) is 0 Å². The number of rotatable bonds is 0. The lowest BCUT2D eigenvalue weighted by molar-refractivity contribution is 1.96. The van der Waals surface area contributed by atoms with Crippen molar-refractivity contribution in [1.29, 1.82) is 0 Å². The van der Waals surface area contributed by atoms with Crippen LogP contribution in [0.3, 0.4) is 0 Å². The fraction of sp³-hybridized carbons (Fsp3) is 0. The summed E-state index contributed by atoms with van der Waals surface area (Å²) in [6.07, 6.45) is 0. The van der Waals surface area contributed by atoms with Gasteiger partial charge in [-0.05, 0) is 22.0 Å². The molecule has 38 valence electrons. The molecule has 0 N–H and O–H groups in total. The largest absolute Gasteiger partial charge is 0.135 e. The van der Waals surface area contributed by atoms with E-state index in [0.717, 1.165) is 8.81 Å². The fourth-order valence-electron chi connectivity index (χ4n) is 0.289. The first kappa shape index (κ1) is 5.60. The molecule has 0 atom stereocenters. The van der Waals surface area contributed by atoms with Gasteiger partial charge in [0.2, 0.25) is 0 Å². The van der Waals surface area contributed by atoms with Crippen LogP contribution >= 0.6 is 38.9 Å². The van der Waals surface area contributed by atoms with E-state index in [1.807, 2.05) is 11.4 Å². The molecule has 0 fully saturated rings. The third-order valence-electron chi connectivity index (χ3n) is 0.535. The lowest BCUT2D eigenvalue weighted by Crippen LogP contribution is -1.38. The summed E-state index contributed by atoms with van der Waals surface area (Å²) in [4.78, 5) is 0. The molecule has 0 aromatic carbocycles. The van der Waals surface area contributed by atoms with Crippen LogP contribution in [-0.4, -0.2) is 0 Å². The maximum Gasteiger partial charge on any atom is 0.0713 e. The van der Waals surface area contributed by atoms with Crippen molar-refractivity contribution in [2.24, 2.45) is 0 Å². The predicted molar refractivity (Wildman–Crippen MR) is 37.0 cm³/mol. The second kappa shape index (κ2) is 2.16. The molecular formula is C4H2BrClS. The van der Waals surface area contributed by atoms with Gasteiger partial charge in [-0.3, -0.25) is 0 Å². The van der Waals surface area contributed by atoms with Gasteiger partial charge in [-0.1, -0.05) is 11.6 Å². The zero-order valence-corrected chi connectivity index (χ0v) is 6.48. The van der Waals surface area contributed by atoms with Crippen LogP contribution in [0.5, 0.6) is 0 Å². The summed E-state index contributed by atoms with van der Waals surface area (Å²) < 4.78 is 1.08. The molecule has 0 aliphatic heterocycles. The smallest absolute Gasteiger partial charge is 0.0713 e. The highest BCUT2D eigenvalue weighted by atomic mass is 79.9. The Bertz CT molecular complexity index is 144. The first-order valence-corrected chi connectivity index (χ1v) is 3.73. The molecule has 0 spiro atoms. The Morgan fingerprint density at radius 3 is 2.57 bits per heavy atom. The van der Waals surface area contributed by atoms with Gasteiger partial charge in [-0.15, -0.1) is 11.3 Å². The number of hydrogen-bond donors (Lipinski definition) is 0. The van der Waals surface area contributed by atoms with Crippen LogP contribution in [0.4, 0.5) is 0 Å². The molecule has 1 heterocycles. The highest BCUT2D eigenvalue weighted by Crippen LogP contribution is 2.23. The van der Waals surface area contributed by atoms with E-state index in [-0.39, 0.29) is 0 Å². The summed E-state index contributed by atoms with van der Waals surface area (Å²) in [5.74, 6) is 0. The molecule has 3 heteroatoms. The summed E-state index contributed by atoms with van der Waals surface area (Å²) in [5, 5.41) is 2.68. The average molecular weight is 197 g/mol. The minimum absolute atomic E-state index is 0.803. The van der Waals surface area contributed by atoms with E-state index in [2.05, 4.69) is 15.9 Å².